The van der Waals surface area contributed by atoms with Crippen LogP contribution in [-0.4, -0.2) is 39.1 Å². The summed E-state index contributed by atoms with van der Waals surface area (Å²) < 4.78 is 6.14. The summed E-state index contributed by atoms with van der Waals surface area (Å²) in [5.74, 6) is 1.36. The Morgan fingerprint density at radius 3 is 2.70 bits per heavy atom. The first-order chi connectivity index (χ1) is 13.2. The van der Waals surface area contributed by atoms with Crippen molar-refractivity contribution in [3.63, 3.8) is 0 Å². The van der Waals surface area contributed by atoms with Gasteiger partial charge in [-0.05, 0) is 49.8 Å². The third kappa shape index (κ3) is 4.18. The van der Waals surface area contributed by atoms with Gasteiger partial charge in [0.1, 0.15) is 16.5 Å². The van der Waals surface area contributed by atoms with Crippen LogP contribution in [-0.2, 0) is 6.42 Å². The zero-order chi connectivity index (χ0) is 18.6. The Morgan fingerprint density at radius 1 is 1.22 bits per heavy atom. The molecular formula is C20H25N5OS. The second-order valence-electron chi connectivity index (χ2n) is 7.10. The van der Waals surface area contributed by atoms with Crippen LogP contribution < -0.4 is 9.64 Å². The molecule has 0 radical (unpaired) electrons. The highest BCUT2D eigenvalue weighted by Gasteiger charge is 2.27. The first-order valence-electron chi connectivity index (χ1n) is 9.67. The summed E-state index contributed by atoms with van der Waals surface area (Å²) in [4.78, 5) is 21.2. The number of thiazole rings is 1. The van der Waals surface area contributed by atoms with E-state index in [1.165, 1.54) is 16.9 Å². The first-order valence-corrected chi connectivity index (χ1v) is 10.5. The molecule has 4 heterocycles. The molecule has 0 spiro atoms. The number of aryl methyl sites for hydroxylation is 1. The maximum absolute atomic E-state index is 6.14. The van der Waals surface area contributed by atoms with E-state index in [9.17, 15) is 0 Å². The molecule has 1 aliphatic rings. The van der Waals surface area contributed by atoms with Crippen molar-refractivity contribution in [2.75, 3.05) is 18.0 Å². The molecule has 1 fully saturated rings. The van der Waals surface area contributed by atoms with E-state index in [1.807, 2.05) is 24.5 Å². The quantitative estimate of drug-likeness (QED) is 0.638. The monoisotopic (exact) mass is 383 g/mol. The lowest BCUT2D eigenvalue weighted by atomic mass is 9.92. The second kappa shape index (κ2) is 8.17. The SMILES string of the molecule is CCCc1cnc(N2CCC(C(C)Oc3nc4cccnc4s3)CC2)nc1. The van der Waals surface area contributed by atoms with E-state index in [2.05, 4.69) is 38.7 Å². The van der Waals surface area contributed by atoms with Gasteiger partial charge in [0.2, 0.25) is 5.95 Å². The lowest BCUT2D eigenvalue weighted by Gasteiger charge is -2.34. The van der Waals surface area contributed by atoms with Gasteiger partial charge < -0.3 is 9.64 Å². The molecule has 1 atom stereocenters. The molecule has 0 aromatic carbocycles. The third-order valence-corrected chi connectivity index (χ3v) is 6.02. The molecule has 7 heteroatoms. The summed E-state index contributed by atoms with van der Waals surface area (Å²) in [6, 6.07) is 3.88. The maximum atomic E-state index is 6.14. The molecule has 0 amide bonds. The molecule has 1 saturated heterocycles. The minimum Gasteiger partial charge on any atom is -0.467 e. The van der Waals surface area contributed by atoms with Gasteiger partial charge in [-0.15, -0.1) is 0 Å². The number of pyridine rings is 1. The van der Waals surface area contributed by atoms with Crippen LogP contribution in [0.4, 0.5) is 5.95 Å². The summed E-state index contributed by atoms with van der Waals surface area (Å²) in [5, 5.41) is 0.716. The molecule has 0 aliphatic carbocycles. The standard InChI is InChI=1S/C20H25N5OS/c1-3-5-15-12-22-19(23-13-15)25-10-7-16(8-11-25)14(2)26-20-24-17-6-4-9-21-18(17)27-20/h4,6,9,12-14,16H,3,5,7-8,10-11H2,1-2H3. The van der Waals surface area contributed by atoms with Gasteiger partial charge in [-0.2, -0.15) is 0 Å². The van der Waals surface area contributed by atoms with Crippen LogP contribution in [0.15, 0.2) is 30.7 Å². The molecule has 0 N–H and O–H groups in total. The third-order valence-electron chi connectivity index (χ3n) is 5.15. The Bertz CT molecular complexity index is 840. The Morgan fingerprint density at radius 2 is 2.00 bits per heavy atom. The van der Waals surface area contributed by atoms with Crippen molar-refractivity contribution in [2.45, 2.75) is 45.6 Å². The van der Waals surface area contributed by atoms with Crippen molar-refractivity contribution in [3.05, 3.63) is 36.3 Å². The number of fused-ring (bicyclic) bond motifs is 1. The average Bonchev–Trinajstić information content (AvgIpc) is 3.11. The summed E-state index contributed by atoms with van der Waals surface area (Å²) in [6.45, 7) is 6.25. The number of anilines is 1. The average molecular weight is 384 g/mol. The Labute approximate surface area is 163 Å². The number of hydrogen-bond donors (Lipinski definition) is 0. The molecular weight excluding hydrogens is 358 g/mol. The number of rotatable bonds is 6. The molecule has 6 nitrogen and oxygen atoms in total. The molecule has 3 aromatic heterocycles. The zero-order valence-electron chi connectivity index (χ0n) is 15.8. The molecule has 0 saturated carbocycles. The zero-order valence-corrected chi connectivity index (χ0v) is 16.7. The van der Waals surface area contributed by atoms with Crippen molar-refractivity contribution in [1.82, 2.24) is 19.9 Å². The highest BCUT2D eigenvalue weighted by molar-refractivity contribution is 7.19. The van der Waals surface area contributed by atoms with Crippen LogP contribution in [0.25, 0.3) is 10.3 Å². The van der Waals surface area contributed by atoms with E-state index in [0.29, 0.717) is 11.1 Å². The van der Waals surface area contributed by atoms with Crippen molar-refractivity contribution in [1.29, 1.82) is 0 Å². The summed E-state index contributed by atoms with van der Waals surface area (Å²) in [7, 11) is 0. The lowest BCUT2D eigenvalue weighted by molar-refractivity contribution is 0.132. The maximum Gasteiger partial charge on any atom is 0.276 e. The van der Waals surface area contributed by atoms with Crippen LogP contribution >= 0.6 is 11.3 Å². The van der Waals surface area contributed by atoms with Gasteiger partial charge >= 0.3 is 0 Å². The molecule has 4 rings (SSSR count). The second-order valence-corrected chi connectivity index (χ2v) is 8.04. The number of piperidine rings is 1. The van der Waals surface area contributed by atoms with E-state index in [-0.39, 0.29) is 6.10 Å². The van der Waals surface area contributed by atoms with E-state index >= 15 is 0 Å². The van der Waals surface area contributed by atoms with Crippen molar-refractivity contribution in [2.24, 2.45) is 5.92 Å². The van der Waals surface area contributed by atoms with Gasteiger partial charge in [-0.1, -0.05) is 24.7 Å². The lowest BCUT2D eigenvalue weighted by Crippen LogP contribution is -2.39. The van der Waals surface area contributed by atoms with E-state index in [1.54, 1.807) is 6.20 Å². The predicted molar refractivity (Wildman–Crippen MR) is 108 cm³/mol. The molecule has 27 heavy (non-hydrogen) atoms. The Balaban J connectivity index is 1.32. The van der Waals surface area contributed by atoms with Crippen molar-refractivity contribution >= 4 is 27.6 Å². The summed E-state index contributed by atoms with van der Waals surface area (Å²) in [6.07, 6.45) is 10.2. The number of ether oxygens (including phenoxy) is 1. The fraction of sp³-hybridized carbons (Fsp3) is 0.500. The van der Waals surface area contributed by atoms with E-state index in [4.69, 9.17) is 4.74 Å². The van der Waals surface area contributed by atoms with Gasteiger partial charge in [-0.3, -0.25) is 0 Å². The molecule has 1 aliphatic heterocycles. The minimum atomic E-state index is 0.139. The number of hydrogen-bond acceptors (Lipinski definition) is 7. The van der Waals surface area contributed by atoms with Gasteiger partial charge in [0.15, 0.2) is 0 Å². The van der Waals surface area contributed by atoms with Gasteiger partial charge in [-0.25, -0.2) is 19.9 Å². The highest BCUT2D eigenvalue weighted by atomic mass is 32.1. The minimum absolute atomic E-state index is 0.139. The fourth-order valence-corrected chi connectivity index (χ4v) is 4.39. The highest BCUT2D eigenvalue weighted by Crippen LogP contribution is 2.30. The van der Waals surface area contributed by atoms with E-state index in [0.717, 1.165) is 55.1 Å². The Hall–Kier alpha value is -2.28. The smallest absolute Gasteiger partial charge is 0.276 e. The van der Waals surface area contributed by atoms with Gasteiger partial charge in [0.25, 0.3) is 5.19 Å². The summed E-state index contributed by atoms with van der Waals surface area (Å²) in [5.41, 5.74) is 2.12. The molecule has 0 bridgehead atoms. The molecule has 3 aromatic rings. The van der Waals surface area contributed by atoms with Crippen molar-refractivity contribution < 1.29 is 4.74 Å². The van der Waals surface area contributed by atoms with Crippen LogP contribution in [0, 0.1) is 5.92 Å². The molecule has 1 unspecified atom stereocenters. The first kappa shape index (κ1) is 18.1. The van der Waals surface area contributed by atoms with Gasteiger partial charge in [0, 0.05) is 31.7 Å². The Kier molecular flexibility index (Phi) is 5.48. The largest absolute Gasteiger partial charge is 0.467 e. The van der Waals surface area contributed by atoms with Crippen LogP contribution in [0.3, 0.4) is 0 Å². The topological polar surface area (TPSA) is 64.0 Å². The normalized spacial score (nSPS) is 16.6. The molecule has 142 valence electrons. The number of aromatic nitrogens is 4. The van der Waals surface area contributed by atoms with Crippen molar-refractivity contribution in [3.8, 4) is 5.19 Å². The van der Waals surface area contributed by atoms with Crippen LogP contribution in [0.2, 0.25) is 0 Å². The van der Waals surface area contributed by atoms with Crippen LogP contribution in [0.1, 0.15) is 38.7 Å². The number of nitrogens with zero attached hydrogens (tertiary/aromatic N) is 5. The van der Waals surface area contributed by atoms with Gasteiger partial charge in [0.05, 0.1) is 0 Å². The fourth-order valence-electron chi connectivity index (χ4n) is 3.55. The summed E-state index contributed by atoms with van der Waals surface area (Å²) >= 11 is 1.52. The van der Waals surface area contributed by atoms with Crippen LogP contribution in [0.5, 0.6) is 5.19 Å². The van der Waals surface area contributed by atoms with E-state index < -0.39 is 0 Å². The predicted octanol–water partition coefficient (Wildman–Crippen LogP) is 4.12.